The van der Waals surface area contributed by atoms with Crippen molar-refractivity contribution >= 4 is 28.2 Å². The summed E-state index contributed by atoms with van der Waals surface area (Å²) < 4.78 is 15.1. The summed E-state index contributed by atoms with van der Waals surface area (Å²) in [5.41, 5.74) is 2.61. The number of ether oxygens (including phenoxy) is 2. The fourth-order valence-electron chi connectivity index (χ4n) is 4.28. The molecule has 0 spiro atoms. The number of nitro groups is 1. The van der Waals surface area contributed by atoms with Crippen LogP contribution < -0.4 is 14.0 Å². The van der Waals surface area contributed by atoms with Crippen LogP contribution in [0.5, 0.6) is 11.5 Å². The molecule has 0 aliphatic carbocycles. The molecule has 9 nitrogen and oxygen atoms in total. The van der Waals surface area contributed by atoms with Gasteiger partial charge in [-0.05, 0) is 60.5 Å². The van der Waals surface area contributed by atoms with E-state index in [0.717, 1.165) is 58.0 Å². The molecule has 0 bridgehead atoms. The number of hydrogen-bond donors (Lipinski definition) is 0. The molecule has 1 aliphatic heterocycles. The first-order chi connectivity index (χ1) is 16.5. The fraction of sp³-hybridized carbons (Fsp3) is 0.292. The number of non-ortho nitro benzene ring substituents is 1. The second-order valence-corrected chi connectivity index (χ2v) is 9.10. The van der Waals surface area contributed by atoms with E-state index >= 15 is 0 Å². The zero-order valence-corrected chi connectivity index (χ0v) is 20.0. The zero-order chi connectivity index (χ0) is 23.8. The van der Waals surface area contributed by atoms with Crippen LogP contribution in [0.4, 0.5) is 5.69 Å². The third-order valence-electron chi connectivity index (χ3n) is 5.93. The molecule has 0 fully saturated rings. The van der Waals surface area contributed by atoms with Crippen LogP contribution in [0.3, 0.4) is 0 Å². The van der Waals surface area contributed by atoms with Crippen LogP contribution in [0.1, 0.15) is 18.5 Å². The number of hydrogen-bond acceptors (Lipinski definition) is 7. The Hall–Kier alpha value is -3.66. The number of fused-ring (bicyclic) bond motifs is 2. The first-order valence-corrected chi connectivity index (χ1v) is 11.9. The van der Waals surface area contributed by atoms with Crippen LogP contribution in [-0.4, -0.2) is 39.7 Å². The van der Waals surface area contributed by atoms with Gasteiger partial charge in [0.05, 0.1) is 31.4 Å². The second kappa shape index (κ2) is 8.94. The molecule has 4 aromatic rings. The molecule has 34 heavy (non-hydrogen) atoms. The van der Waals surface area contributed by atoms with E-state index in [9.17, 15) is 10.1 Å². The Balaban J connectivity index is 1.81. The molecule has 0 amide bonds. The van der Waals surface area contributed by atoms with Crippen molar-refractivity contribution in [3.8, 4) is 28.7 Å². The smallest absolute Gasteiger partial charge is 0.461 e. The number of benzene rings is 2. The number of thioether (sulfide) groups is 1. The maximum atomic E-state index is 11.2. The summed E-state index contributed by atoms with van der Waals surface area (Å²) in [7, 11) is 3.21. The average Bonchev–Trinajstić information content (AvgIpc) is 3.11. The van der Waals surface area contributed by atoms with Crippen LogP contribution in [0.2, 0.25) is 0 Å². The highest BCUT2D eigenvalue weighted by Crippen LogP contribution is 2.37. The van der Waals surface area contributed by atoms with Gasteiger partial charge in [0.15, 0.2) is 11.5 Å². The van der Waals surface area contributed by atoms with Gasteiger partial charge in [-0.3, -0.25) is 10.1 Å². The highest BCUT2D eigenvalue weighted by atomic mass is 32.2. The van der Waals surface area contributed by atoms with Gasteiger partial charge in [-0.1, -0.05) is 11.8 Å². The van der Waals surface area contributed by atoms with E-state index in [-0.39, 0.29) is 5.69 Å². The van der Waals surface area contributed by atoms with E-state index in [1.807, 2.05) is 28.3 Å². The highest BCUT2D eigenvalue weighted by Gasteiger charge is 2.29. The molecule has 174 valence electrons. The minimum Gasteiger partial charge on any atom is -0.493 e. The van der Waals surface area contributed by atoms with E-state index in [1.165, 1.54) is 12.1 Å². The maximum absolute atomic E-state index is 11.2. The van der Waals surface area contributed by atoms with Gasteiger partial charge < -0.3 is 9.47 Å². The summed E-state index contributed by atoms with van der Waals surface area (Å²) in [4.78, 5) is 15.7. The van der Waals surface area contributed by atoms with Crippen LogP contribution in [-0.2, 0) is 6.54 Å². The number of rotatable bonds is 5. The topological polar surface area (TPSA) is 96.2 Å². The van der Waals surface area contributed by atoms with E-state index in [4.69, 9.17) is 19.6 Å². The lowest BCUT2D eigenvalue weighted by Crippen LogP contribution is -2.38. The molecule has 0 unspecified atom stereocenters. The Morgan fingerprint density at radius 2 is 1.82 bits per heavy atom. The Bertz CT molecular complexity index is 1380. The van der Waals surface area contributed by atoms with Gasteiger partial charge in [-0.25, -0.2) is 0 Å². The number of aromatic nitrogens is 4. The summed E-state index contributed by atoms with van der Waals surface area (Å²) in [6, 6.07) is 12.5. The minimum absolute atomic E-state index is 0.0368. The summed E-state index contributed by atoms with van der Waals surface area (Å²) in [5, 5.41) is 18.8. The molecule has 0 atom stereocenters. The van der Waals surface area contributed by atoms with E-state index in [0.29, 0.717) is 17.4 Å². The fourth-order valence-corrected chi connectivity index (χ4v) is 5.24. The third-order valence-corrected chi connectivity index (χ3v) is 6.98. The second-order valence-electron chi connectivity index (χ2n) is 8.04. The Morgan fingerprint density at radius 3 is 2.53 bits per heavy atom. The number of nitro benzene ring substituents is 1. The largest absolute Gasteiger partial charge is 0.493 e. The molecule has 3 heterocycles. The number of nitrogens with zero attached hydrogens (tertiary/aromatic N) is 5. The van der Waals surface area contributed by atoms with Crippen molar-refractivity contribution in [2.24, 2.45) is 0 Å². The van der Waals surface area contributed by atoms with Gasteiger partial charge in [0.25, 0.3) is 10.8 Å². The number of methoxy groups -OCH3 is 2. The standard InChI is InChI=1S/C24H24N5O4S/c1-15-12-17-13-20(32-2)21(33-3)14-19(17)22(16-6-8-18(9-7-16)29(30)31)28(15)23-25-24-27(26-23)10-4-5-11-34-24/h6-9,12-14H,4-5,10-11H2,1-3H3/q+1. The first-order valence-electron chi connectivity index (χ1n) is 10.9. The van der Waals surface area contributed by atoms with Gasteiger partial charge in [-0.15, -0.1) is 0 Å². The van der Waals surface area contributed by atoms with Crippen molar-refractivity contribution < 1.29 is 19.0 Å². The van der Waals surface area contributed by atoms with E-state index in [2.05, 4.69) is 6.07 Å². The first kappa shape index (κ1) is 22.1. The van der Waals surface area contributed by atoms with Gasteiger partial charge in [0.1, 0.15) is 5.69 Å². The number of aryl methyl sites for hydroxylation is 2. The summed E-state index contributed by atoms with van der Waals surface area (Å²) >= 11 is 1.72. The SMILES string of the molecule is COc1cc2cc(C)[n+](-c3nc4n(n3)CCCCS4)c(-c3ccc([N+](=O)[O-])cc3)c2cc1OC. The summed E-state index contributed by atoms with van der Waals surface area (Å²) in [6.07, 6.45) is 2.21. The predicted molar refractivity (Wildman–Crippen MR) is 129 cm³/mol. The van der Waals surface area contributed by atoms with Gasteiger partial charge >= 0.3 is 5.95 Å². The molecule has 0 N–H and O–H groups in total. The van der Waals surface area contributed by atoms with Crippen molar-refractivity contribution in [1.29, 1.82) is 0 Å². The van der Waals surface area contributed by atoms with Crippen LogP contribution in [0.25, 0.3) is 28.0 Å². The van der Waals surface area contributed by atoms with E-state index < -0.39 is 4.92 Å². The molecule has 0 radical (unpaired) electrons. The van der Waals surface area contributed by atoms with Gasteiger partial charge in [0, 0.05) is 33.9 Å². The third kappa shape index (κ3) is 3.83. The van der Waals surface area contributed by atoms with Crippen LogP contribution in [0, 0.1) is 17.0 Å². The predicted octanol–water partition coefficient (Wildman–Crippen LogP) is 4.49. The zero-order valence-electron chi connectivity index (χ0n) is 19.1. The maximum Gasteiger partial charge on any atom is 0.461 e. The van der Waals surface area contributed by atoms with Crippen LogP contribution in [0.15, 0.2) is 47.6 Å². The lowest BCUT2D eigenvalue weighted by atomic mass is 10.0. The Kier molecular flexibility index (Phi) is 5.82. The molecular formula is C24H24N5O4S+. The average molecular weight is 479 g/mol. The molecule has 2 aromatic carbocycles. The van der Waals surface area contributed by atoms with Gasteiger partial charge in [0.2, 0.25) is 0 Å². The van der Waals surface area contributed by atoms with Crippen molar-refractivity contribution in [2.45, 2.75) is 31.5 Å². The van der Waals surface area contributed by atoms with Gasteiger partial charge in [-0.2, -0.15) is 9.25 Å². The summed E-state index contributed by atoms with van der Waals surface area (Å²) in [5.74, 6) is 2.82. The molecule has 2 aromatic heterocycles. The monoisotopic (exact) mass is 478 g/mol. The van der Waals surface area contributed by atoms with E-state index in [1.54, 1.807) is 38.1 Å². The Morgan fingerprint density at radius 1 is 1.09 bits per heavy atom. The minimum atomic E-state index is -0.398. The molecule has 10 heteroatoms. The van der Waals surface area contributed by atoms with Crippen LogP contribution >= 0.6 is 11.8 Å². The molecule has 0 saturated carbocycles. The molecular weight excluding hydrogens is 454 g/mol. The van der Waals surface area contributed by atoms with Crippen molar-refractivity contribution in [3.05, 3.63) is 58.3 Å². The lowest BCUT2D eigenvalue weighted by Gasteiger charge is -2.15. The molecule has 5 rings (SSSR count). The number of pyridine rings is 1. The van der Waals surface area contributed by atoms with Crippen molar-refractivity contribution in [2.75, 3.05) is 20.0 Å². The molecule has 0 saturated heterocycles. The normalized spacial score (nSPS) is 13.4. The Labute approximate surface area is 200 Å². The summed E-state index contributed by atoms with van der Waals surface area (Å²) in [6.45, 7) is 2.84. The van der Waals surface area contributed by atoms with Crippen molar-refractivity contribution in [3.63, 3.8) is 0 Å². The highest BCUT2D eigenvalue weighted by molar-refractivity contribution is 7.99. The quantitative estimate of drug-likeness (QED) is 0.237. The lowest BCUT2D eigenvalue weighted by molar-refractivity contribution is -0.597. The van der Waals surface area contributed by atoms with Crippen molar-refractivity contribution in [1.82, 2.24) is 14.8 Å². The molecule has 1 aliphatic rings.